The fourth-order valence-electron chi connectivity index (χ4n) is 4.64. The summed E-state index contributed by atoms with van der Waals surface area (Å²) in [6.45, 7) is 8.34. The zero-order valence-corrected chi connectivity index (χ0v) is 20.5. The van der Waals surface area contributed by atoms with E-state index in [2.05, 4.69) is 13.8 Å². The molecule has 7 nitrogen and oxygen atoms in total. The van der Waals surface area contributed by atoms with Gasteiger partial charge >= 0.3 is 0 Å². The van der Waals surface area contributed by atoms with Crippen molar-refractivity contribution in [1.82, 2.24) is 14.9 Å². The van der Waals surface area contributed by atoms with Gasteiger partial charge in [-0.25, -0.2) is 9.97 Å². The number of amides is 2. The zero-order chi connectivity index (χ0) is 23.7. The second-order valence-electron chi connectivity index (χ2n) is 9.88. The second-order valence-corrected chi connectivity index (χ2v) is 9.88. The third-order valence-electron chi connectivity index (χ3n) is 6.76. The molecule has 1 fully saturated rings. The Balaban J connectivity index is 1.52. The summed E-state index contributed by atoms with van der Waals surface area (Å²) in [6, 6.07) is 7.73. The van der Waals surface area contributed by atoms with Gasteiger partial charge in [0.25, 0.3) is 5.91 Å². The zero-order valence-electron chi connectivity index (χ0n) is 20.5. The summed E-state index contributed by atoms with van der Waals surface area (Å²) in [4.78, 5) is 41.3. The van der Waals surface area contributed by atoms with E-state index < -0.39 is 0 Å². The third-order valence-corrected chi connectivity index (χ3v) is 6.76. The number of hydrogen-bond acceptors (Lipinski definition) is 5. The first-order valence-electron chi connectivity index (χ1n) is 12.0. The highest BCUT2D eigenvalue weighted by molar-refractivity contribution is 5.96. The molecule has 0 spiro atoms. The number of benzene rings is 1. The predicted octanol–water partition coefficient (Wildman–Crippen LogP) is 3.81. The molecule has 4 rings (SSSR count). The van der Waals surface area contributed by atoms with Crippen molar-refractivity contribution in [3.8, 4) is 0 Å². The molecule has 0 bridgehead atoms. The first kappa shape index (κ1) is 23.2. The number of hydrogen-bond donors (Lipinski definition) is 0. The van der Waals surface area contributed by atoms with E-state index in [4.69, 9.17) is 9.97 Å². The number of fused-ring (bicyclic) bond motifs is 1. The van der Waals surface area contributed by atoms with Crippen LogP contribution in [0.2, 0.25) is 0 Å². The van der Waals surface area contributed by atoms with Crippen LogP contribution in [0.15, 0.2) is 24.3 Å². The van der Waals surface area contributed by atoms with Gasteiger partial charge in [-0.3, -0.25) is 14.5 Å². The van der Waals surface area contributed by atoms with E-state index in [1.807, 2.05) is 60.0 Å². The van der Waals surface area contributed by atoms with Crippen molar-refractivity contribution in [1.29, 1.82) is 0 Å². The molecule has 33 heavy (non-hydrogen) atoms. The SMILES string of the molecule is Cc1nc(C2CCN(C(=O)c3ccc(N(C)C)cc3)C2)nc2c1CCC(=O)N2CCC(C)C. The smallest absolute Gasteiger partial charge is 0.253 e. The molecule has 1 aromatic carbocycles. The summed E-state index contributed by atoms with van der Waals surface area (Å²) in [5.74, 6) is 2.35. The molecule has 0 N–H and O–H groups in total. The molecular formula is C26H35N5O2. The molecule has 0 aliphatic carbocycles. The molecule has 2 amide bonds. The molecule has 0 radical (unpaired) electrons. The highest BCUT2D eigenvalue weighted by Gasteiger charge is 2.33. The van der Waals surface area contributed by atoms with E-state index in [-0.39, 0.29) is 17.7 Å². The molecule has 2 aliphatic rings. The number of anilines is 2. The number of nitrogens with zero attached hydrogens (tertiary/aromatic N) is 5. The number of likely N-dealkylation sites (tertiary alicyclic amines) is 1. The fraction of sp³-hybridized carbons (Fsp3) is 0.538. The number of carbonyl (C=O) groups excluding carboxylic acids is 2. The van der Waals surface area contributed by atoms with Crippen LogP contribution >= 0.6 is 0 Å². The molecule has 0 saturated carbocycles. The van der Waals surface area contributed by atoms with Crippen LogP contribution in [-0.2, 0) is 11.2 Å². The lowest BCUT2D eigenvalue weighted by molar-refractivity contribution is -0.119. The summed E-state index contributed by atoms with van der Waals surface area (Å²) >= 11 is 0. The predicted molar refractivity (Wildman–Crippen MR) is 131 cm³/mol. The Labute approximate surface area is 196 Å². The molecule has 2 aliphatic heterocycles. The lowest BCUT2D eigenvalue weighted by Crippen LogP contribution is -2.38. The highest BCUT2D eigenvalue weighted by atomic mass is 16.2. The van der Waals surface area contributed by atoms with Crippen LogP contribution in [0.5, 0.6) is 0 Å². The lowest BCUT2D eigenvalue weighted by Gasteiger charge is -2.30. The van der Waals surface area contributed by atoms with Gasteiger partial charge in [-0.05, 0) is 56.4 Å². The van der Waals surface area contributed by atoms with Crippen LogP contribution in [-0.4, -0.2) is 60.4 Å². The van der Waals surface area contributed by atoms with E-state index in [9.17, 15) is 9.59 Å². The van der Waals surface area contributed by atoms with Crippen LogP contribution < -0.4 is 9.80 Å². The summed E-state index contributed by atoms with van der Waals surface area (Å²) in [6.07, 6.45) is 3.01. The van der Waals surface area contributed by atoms with E-state index in [1.165, 1.54) is 0 Å². The summed E-state index contributed by atoms with van der Waals surface area (Å²) < 4.78 is 0. The van der Waals surface area contributed by atoms with Gasteiger partial charge in [0.05, 0.1) is 0 Å². The van der Waals surface area contributed by atoms with Crippen LogP contribution in [0.1, 0.15) is 66.5 Å². The standard InChI is InChI=1S/C26H35N5O2/c1-17(2)12-15-31-23(32)11-10-22-18(3)27-24(28-25(22)31)20-13-14-30(16-20)26(33)19-6-8-21(9-7-19)29(4)5/h6-9,17,20H,10-16H2,1-5H3. The minimum absolute atomic E-state index is 0.0474. The van der Waals surface area contributed by atoms with Gasteiger partial charge < -0.3 is 9.80 Å². The van der Waals surface area contributed by atoms with Gasteiger partial charge in [-0.2, -0.15) is 0 Å². The van der Waals surface area contributed by atoms with Crippen molar-refractivity contribution in [2.75, 3.05) is 43.5 Å². The number of aromatic nitrogens is 2. The molecule has 1 saturated heterocycles. The van der Waals surface area contributed by atoms with Gasteiger partial charge in [0, 0.05) is 68.6 Å². The summed E-state index contributed by atoms with van der Waals surface area (Å²) in [5, 5.41) is 0. The number of rotatable bonds is 6. The number of carbonyl (C=O) groups is 2. The molecule has 176 valence electrons. The Morgan fingerprint density at radius 1 is 1.15 bits per heavy atom. The third kappa shape index (κ3) is 4.87. The van der Waals surface area contributed by atoms with Gasteiger partial charge in [0.2, 0.25) is 5.91 Å². The molecule has 2 aromatic rings. The maximum Gasteiger partial charge on any atom is 0.253 e. The first-order valence-corrected chi connectivity index (χ1v) is 12.0. The van der Waals surface area contributed by atoms with Crippen molar-refractivity contribution in [3.05, 3.63) is 46.9 Å². The Bertz CT molecular complexity index is 1030. The molecule has 3 heterocycles. The Morgan fingerprint density at radius 2 is 1.88 bits per heavy atom. The average molecular weight is 450 g/mol. The van der Waals surface area contributed by atoms with Gasteiger partial charge in [-0.1, -0.05) is 13.8 Å². The van der Waals surface area contributed by atoms with E-state index in [0.29, 0.717) is 44.0 Å². The average Bonchev–Trinajstić information content (AvgIpc) is 3.28. The minimum atomic E-state index is 0.0474. The molecule has 1 unspecified atom stereocenters. The Hall–Kier alpha value is -2.96. The molecule has 1 aromatic heterocycles. The normalized spacial score (nSPS) is 18.1. The molecular weight excluding hydrogens is 414 g/mol. The van der Waals surface area contributed by atoms with Crippen molar-refractivity contribution in [3.63, 3.8) is 0 Å². The van der Waals surface area contributed by atoms with Crippen LogP contribution in [0.3, 0.4) is 0 Å². The van der Waals surface area contributed by atoms with Crippen LogP contribution in [0.25, 0.3) is 0 Å². The topological polar surface area (TPSA) is 69.6 Å². The summed E-state index contributed by atoms with van der Waals surface area (Å²) in [5.41, 5.74) is 3.82. The van der Waals surface area contributed by atoms with Crippen molar-refractivity contribution >= 4 is 23.3 Å². The highest BCUT2D eigenvalue weighted by Crippen LogP contribution is 2.33. The maximum absolute atomic E-state index is 13.1. The van der Waals surface area contributed by atoms with Crippen LogP contribution in [0, 0.1) is 12.8 Å². The van der Waals surface area contributed by atoms with Gasteiger partial charge in [-0.15, -0.1) is 0 Å². The Morgan fingerprint density at radius 3 is 2.55 bits per heavy atom. The number of aryl methyl sites for hydroxylation is 1. The quantitative estimate of drug-likeness (QED) is 0.671. The monoisotopic (exact) mass is 449 g/mol. The van der Waals surface area contributed by atoms with Gasteiger partial charge in [0.15, 0.2) is 0 Å². The van der Waals surface area contributed by atoms with Crippen molar-refractivity contribution < 1.29 is 9.59 Å². The Kier molecular flexibility index (Phi) is 6.68. The molecule has 7 heteroatoms. The largest absolute Gasteiger partial charge is 0.378 e. The van der Waals surface area contributed by atoms with Crippen molar-refractivity contribution in [2.24, 2.45) is 5.92 Å². The fourth-order valence-corrected chi connectivity index (χ4v) is 4.64. The lowest BCUT2D eigenvalue weighted by atomic mass is 10.0. The van der Waals surface area contributed by atoms with E-state index in [1.54, 1.807) is 0 Å². The van der Waals surface area contributed by atoms with Gasteiger partial charge in [0.1, 0.15) is 11.6 Å². The molecule has 1 atom stereocenters. The second kappa shape index (κ2) is 9.49. The van der Waals surface area contributed by atoms with Crippen LogP contribution in [0.4, 0.5) is 11.5 Å². The summed E-state index contributed by atoms with van der Waals surface area (Å²) in [7, 11) is 3.97. The first-order chi connectivity index (χ1) is 15.7. The van der Waals surface area contributed by atoms with Crippen molar-refractivity contribution in [2.45, 2.75) is 52.4 Å². The minimum Gasteiger partial charge on any atom is -0.378 e. The van der Waals surface area contributed by atoms with E-state index >= 15 is 0 Å². The maximum atomic E-state index is 13.1. The van der Waals surface area contributed by atoms with E-state index in [0.717, 1.165) is 41.4 Å².